The largest absolute Gasteiger partial charge is 0.387 e. The molecule has 3 aromatic rings. The maximum atomic E-state index is 13.5. The Morgan fingerprint density at radius 3 is 2.75 bits per heavy atom. The lowest BCUT2D eigenvalue weighted by molar-refractivity contribution is -0.0370. The van der Waals surface area contributed by atoms with Crippen molar-refractivity contribution in [3.8, 4) is 0 Å². The van der Waals surface area contributed by atoms with Crippen LogP contribution in [0.1, 0.15) is 18.0 Å². The molecule has 10 heteroatoms. The summed E-state index contributed by atoms with van der Waals surface area (Å²) in [5.74, 6) is -0.120. The molecule has 4 atom stereocenters. The van der Waals surface area contributed by atoms with Crippen molar-refractivity contribution < 1.29 is 19.3 Å². The number of nitrogens with zero attached hydrogens (tertiary/aromatic N) is 5. The van der Waals surface area contributed by atoms with Gasteiger partial charge >= 0.3 is 6.08 Å². The summed E-state index contributed by atoms with van der Waals surface area (Å²) in [7, 11) is 0. The minimum Gasteiger partial charge on any atom is -0.387 e. The minimum atomic E-state index is -1.28. The summed E-state index contributed by atoms with van der Waals surface area (Å²) in [5.41, 5.74) is 6.34. The van der Waals surface area contributed by atoms with Crippen LogP contribution in [0.25, 0.3) is 11.2 Å². The van der Waals surface area contributed by atoms with Crippen LogP contribution in [0.3, 0.4) is 0 Å². The van der Waals surface area contributed by atoms with Gasteiger partial charge in [0.2, 0.25) is 0 Å². The third-order valence-electron chi connectivity index (χ3n) is 3.91. The monoisotopic (exact) mass is 332 g/mol. The van der Waals surface area contributed by atoms with E-state index in [1.807, 2.05) is 0 Å². The number of nitrogens with two attached hydrogens (primary N) is 1. The molecule has 9 nitrogen and oxygen atoms in total. The van der Waals surface area contributed by atoms with Crippen molar-refractivity contribution in [2.24, 2.45) is 0 Å². The summed E-state index contributed by atoms with van der Waals surface area (Å²) in [6.07, 6.45) is -2.52. The quantitative estimate of drug-likeness (QED) is 0.556. The van der Waals surface area contributed by atoms with Gasteiger partial charge in [-0.1, -0.05) is 6.07 Å². The van der Waals surface area contributed by atoms with Crippen molar-refractivity contribution in [2.75, 3.05) is 5.73 Å². The molecule has 1 fully saturated rings. The molecule has 1 aliphatic rings. The lowest BCUT2D eigenvalue weighted by atomic mass is 10.1. The summed E-state index contributed by atoms with van der Waals surface area (Å²) in [4.78, 5) is 15.2. The molecule has 4 rings (SSSR count). The normalized spacial score (nSPS) is 27.0. The minimum absolute atomic E-state index is 0.0675. The number of imidazole rings is 1. The Kier molecular flexibility index (Phi) is 3.37. The molecule has 4 N–H and O–H groups in total. The molecule has 0 amide bonds. The lowest BCUT2D eigenvalue weighted by Crippen LogP contribution is -2.29. The predicted molar refractivity (Wildman–Crippen MR) is 78.8 cm³/mol. The van der Waals surface area contributed by atoms with Gasteiger partial charge in [0.25, 0.3) is 0 Å². The van der Waals surface area contributed by atoms with Crippen molar-refractivity contribution in [3.05, 3.63) is 42.5 Å². The van der Waals surface area contributed by atoms with Crippen LogP contribution in [0.4, 0.5) is 10.2 Å². The van der Waals surface area contributed by atoms with E-state index in [1.165, 1.54) is 10.9 Å². The molecule has 3 aromatic heterocycles. The summed E-state index contributed by atoms with van der Waals surface area (Å²) in [6.45, 7) is 0. The highest BCUT2D eigenvalue weighted by atomic mass is 19.1. The standard InChI is InChI=1S/C14H13FN6O3/c15-14-19-11(16)7-12(20-14)21(5-18-7)13-9(23)8(22)10(24-13)6-3-1-2-4-17-6/h1-5,8-10,13,22-23H,(H2,16,19,20)/t8-,9+,10+,13+/m0/s1. The molecule has 4 heterocycles. The number of rotatable bonds is 2. The molecular weight excluding hydrogens is 319 g/mol. The van der Waals surface area contributed by atoms with Gasteiger partial charge in [-0.05, 0) is 12.1 Å². The average molecular weight is 332 g/mol. The number of nitrogen functional groups attached to an aromatic ring is 1. The van der Waals surface area contributed by atoms with Gasteiger partial charge < -0.3 is 20.7 Å². The summed E-state index contributed by atoms with van der Waals surface area (Å²) < 4.78 is 20.5. The first kappa shape index (κ1) is 14.9. The van der Waals surface area contributed by atoms with Gasteiger partial charge in [0, 0.05) is 6.20 Å². The first-order valence-corrected chi connectivity index (χ1v) is 7.14. The third kappa shape index (κ3) is 2.19. The van der Waals surface area contributed by atoms with E-state index in [9.17, 15) is 14.6 Å². The first-order valence-electron chi connectivity index (χ1n) is 7.14. The molecule has 1 saturated heterocycles. The summed E-state index contributed by atoms with van der Waals surface area (Å²) >= 11 is 0. The van der Waals surface area contributed by atoms with Crippen molar-refractivity contribution in [1.82, 2.24) is 24.5 Å². The second kappa shape index (κ2) is 5.44. The van der Waals surface area contributed by atoms with Crippen molar-refractivity contribution in [3.63, 3.8) is 0 Å². The van der Waals surface area contributed by atoms with E-state index >= 15 is 0 Å². The predicted octanol–water partition coefficient (Wildman–Crippen LogP) is -0.0655. The molecule has 124 valence electrons. The summed E-state index contributed by atoms with van der Waals surface area (Å²) in [6, 6.07) is 5.15. The second-order valence-corrected chi connectivity index (χ2v) is 5.38. The topological polar surface area (TPSA) is 132 Å². The zero-order valence-electron chi connectivity index (χ0n) is 12.2. The van der Waals surface area contributed by atoms with E-state index in [2.05, 4.69) is 19.9 Å². The van der Waals surface area contributed by atoms with Crippen LogP contribution in [-0.2, 0) is 4.74 Å². The van der Waals surface area contributed by atoms with Crippen LogP contribution in [0, 0.1) is 6.08 Å². The summed E-state index contributed by atoms with van der Waals surface area (Å²) in [5, 5.41) is 20.6. The van der Waals surface area contributed by atoms with E-state index in [1.54, 1.807) is 24.4 Å². The fourth-order valence-corrected chi connectivity index (χ4v) is 2.77. The number of pyridine rings is 1. The van der Waals surface area contributed by atoms with E-state index in [-0.39, 0.29) is 17.0 Å². The molecule has 0 radical (unpaired) electrons. The third-order valence-corrected chi connectivity index (χ3v) is 3.91. The van der Waals surface area contributed by atoms with Gasteiger partial charge in [0.05, 0.1) is 12.0 Å². The zero-order chi connectivity index (χ0) is 16.8. The highest BCUT2D eigenvalue weighted by Crippen LogP contribution is 2.39. The number of aromatic nitrogens is 5. The number of hydrogen-bond donors (Lipinski definition) is 3. The molecule has 0 aromatic carbocycles. The Morgan fingerprint density at radius 2 is 2.00 bits per heavy atom. The Hall–Kier alpha value is -2.69. The maximum Gasteiger partial charge on any atom is 0.312 e. The van der Waals surface area contributed by atoms with Gasteiger partial charge in [-0.2, -0.15) is 14.4 Å². The highest BCUT2D eigenvalue weighted by Gasteiger charge is 2.45. The second-order valence-electron chi connectivity index (χ2n) is 5.38. The molecule has 0 saturated carbocycles. The Labute approximate surface area is 134 Å². The molecule has 1 aliphatic heterocycles. The van der Waals surface area contributed by atoms with Gasteiger partial charge in [-0.3, -0.25) is 9.55 Å². The molecule has 0 spiro atoms. The van der Waals surface area contributed by atoms with E-state index in [0.717, 1.165) is 0 Å². The smallest absolute Gasteiger partial charge is 0.312 e. The van der Waals surface area contributed by atoms with Crippen LogP contribution in [0.15, 0.2) is 30.7 Å². The van der Waals surface area contributed by atoms with Crippen LogP contribution in [0.2, 0.25) is 0 Å². The molecule has 0 unspecified atom stereocenters. The van der Waals surface area contributed by atoms with Crippen LogP contribution in [-0.4, -0.2) is 46.9 Å². The van der Waals surface area contributed by atoms with E-state index in [4.69, 9.17) is 10.5 Å². The van der Waals surface area contributed by atoms with E-state index in [0.29, 0.717) is 5.69 Å². The van der Waals surface area contributed by atoms with Gasteiger partial charge in [0.15, 0.2) is 23.2 Å². The van der Waals surface area contributed by atoms with E-state index < -0.39 is 30.6 Å². The van der Waals surface area contributed by atoms with Gasteiger partial charge in [0.1, 0.15) is 18.3 Å². The fraction of sp³-hybridized carbons (Fsp3) is 0.286. The van der Waals surface area contributed by atoms with Crippen LogP contribution in [0.5, 0.6) is 0 Å². The number of ether oxygens (including phenoxy) is 1. The SMILES string of the molecule is Nc1nc(F)nc2c1ncn2[C@@H]1O[C@H](c2ccccn2)[C@@H](O)[C@H]1O. The Morgan fingerprint density at radius 1 is 1.17 bits per heavy atom. The van der Waals surface area contributed by atoms with Gasteiger partial charge in [-0.25, -0.2) is 4.98 Å². The number of halogens is 1. The number of hydrogen-bond acceptors (Lipinski definition) is 8. The zero-order valence-corrected chi connectivity index (χ0v) is 12.2. The number of anilines is 1. The van der Waals surface area contributed by atoms with Crippen molar-refractivity contribution in [2.45, 2.75) is 24.5 Å². The number of fused-ring (bicyclic) bond motifs is 1. The molecule has 0 bridgehead atoms. The number of aliphatic hydroxyl groups excluding tert-OH is 2. The molecule has 24 heavy (non-hydrogen) atoms. The van der Waals surface area contributed by atoms with Crippen molar-refractivity contribution >= 4 is 17.0 Å². The highest BCUT2D eigenvalue weighted by molar-refractivity contribution is 5.81. The molecular formula is C14H13FN6O3. The number of aliphatic hydroxyl groups is 2. The maximum absolute atomic E-state index is 13.5. The lowest BCUT2D eigenvalue weighted by Gasteiger charge is -2.16. The molecule has 0 aliphatic carbocycles. The van der Waals surface area contributed by atoms with Crippen LogP contribution < -0.4 is 5.73 Å². The van der Waals surface area contributed by atoms with Crippen LogP contribution >= 0.6 is 0 Å². The Bertz CT molecular complexity index is 889. The fourth-order valence-electron chi connectivity index (χ4n) is 2.77. The van der Waals surface area contributed by atoms with Gasteiger partial charge in [-0.15, -0.1) is 0 Å². The van der Waals surface area contributed by atoms with Crippen molar-refractivity contribution in [1.29, 1.82) is 0 Å². The first-order chi connectivity index (χ1) is 11.6. The Balaban J connectivity index is 1.75. The average Bonchev–Trinajstić information content (AvgIpc) is 3.11.